The minimum Gasteiger partial charge on any atom is -0.480 e. The summed E-state index contributed by atoms with van der Waals surface area (Å²) in [7, 11) is 0. The van der Waals surface area contributed by atoms with E-state index in [2.05, 4.69) is 5.32 Å². The highest BCUT2D eigenvalue weighted by molar-refractivity contribution is 5.85. The molecular formula is C15H20N2O3. The summed E-state index contributed by atoms with van der Waals surface area (Å²) in [6.45, 7) is 2.84. The molecule has 0 saturated heterocycles. The summed E-state index contributed by atoms with van der Waals surface area (Å²) in [5.41, 5.74) is 2.37. The van der Waals surface area contributed by atoms with Crippen molar-refractivity contribution in [1.82, 2.24) is 10.2 Å². The minimum absolute atomic E-state index is 0.122. The monoisotopic (exact) mass is 276 g/mol. The largest absolute Gasteiger partial charge is 0.480 e. The number of fused-ring (bicyclic) bond motifs is 1. The minimum atomic E-state index is -0.969. The van der Waals surface area contributed by atoms with Gasteiger partial charge >= 0.3 is 5.97 Å². The summed E-state index contributed by atoms with van der Waals surface area (Å²) in [5.74, 6) is -1.09. The van der Waals surface area contributed by atoms with Gasteiger partial charge in [0.05, 0.1) is 6.04 Å². The molecule has 1 atom stereocenters. The second-order valence-corrected chi connectivity index (χ2v) is 5.06. The second kappa shape index (κ2) is 6.52. The maximum Gasteiger partial charge on any atom is 0.323 e. The summed E-state index contributed by atoms with van der Waals surface area (Å²) in [6.07, 6.45) is 1.37. The summed E-state index contributed by atoms with van der Waals surface area (Å²) >= 11 is 0. The zero-order chi connectivity index (χ0) is 14.5. The SMILES string of the molecule is CCCN(CC(=O)O)C(=O)[C@@H]1Cc2ccccc2CN1. The van der Waals surface area contributed by atoms with Crippen LogP contribution in [0.25, 0.3) is 0 Å². The van der Waals surface area contributed by atoms with Crippen molar-refractivity contribution in [2.75, 3.05) is 13.1 Å². The molecule has 0 aromatic heterocycles. The van der Waals surface area contributed by atoms with Crippen LogP contribution in [0.2, 0.25) is 0 Å². The maximum atomic E-state index is 12.4. The molecule has 0 unspecified atom stereocenters. The van der Waals surface area contributed by atoms with Gasteiger partial charge in [-0.2, -0.15) is 0 Å². The molecule has 1 aromatic carbocycles. The van der Waals surface area contributed by atoms with Crippen molar-refractivity contribution in [3.05, 3.63) is 35.4 Å². The third-order valence-corrected chi connectivity index (χ3v) is 3.51. The average molecular weight is 276 g/mol. The van der Waals surface area contributed by atoms with Crippen LogP contribution in [0.15, 0.2) is 24.3 Å². The number of rotatable bonds is 5. The molecule has 5 heteroatoms. The molecule has 1 aliphatic rings. The van der Waals surface area contributed by atoms with Crippen LogP contribution in [0.5, 0.6) is 0 Å². The van der Waals surface area contributed by atoms with Gasteiger partial charge in [-0.05, 0) is 24.0 Å². The van der Waals surface area contributed by atoms with Crippen LogP contribution in [-0.2, 0) is 22.6 Å². The highest BCUT2D eigenvalue weighted by Crippen LogP contribution is 2.17. The molecule has 5 nitrogen and oxygen atoms in total. The van der Waals surface area contributed by atoms with E-state index in [0.717, 1.165) is 12.0 Å². The number of carboxylic acids is 1. The molecule has 0 bridgehead atoms. The number of amides is 1. The molecule has 2 rings (SSSR count). The fraction of sp³-hybridized carbons (Fsp3) is 0.467. The Morgan fingerprint density at radius 3 is 2.70 bits per heavy atom. The molecule has 0 radical (unpaired) electrons. The number of aliphatic carboxylic acids is 1. The Kier molecular flexibility index (Phi) is 4.74. The quantitative estimate of drug-likeness (QED) is 0.842. The van der Waals surface area contributed by atoms with Gasteiger partial charge < -0.3 is 15.3 Å². The van der Waals surface area contributed by atoms with Gasteiger partial charge in [0.2, 0.25) is 5.91 Å². The predicted molar refractivity (Wildman–Crippen MR) is 75.3 cm³/mol. The molecule has 0 aliphatic carbocycles. The third kappa shape index (κ3) is 3.36. The maximum absolute atomic E-state index is 12.4. The Bertz CT molecular complexity index is 502. The lowest BCUT2D eigenvalue weighted by Gasteiger charge is -2.30. The Morgan fingerprint density at radius 2 is 2.05 bits per heavy atom. The Morgan fingerprint density at radius 1 is 1.35 bits per heavy atom. The van der Waals surface area contributed by atoms with Crippen molar-refractivity contribution in [3.63, 3.8) is 0 Å². The summed E-state index contributed by atoms with van der Waals surface area (Å²) in [6, 6.07) is 7.70. The van der Waals surface area contributed by atoms with Crippen LogP contribution in [0.3, 0.4) is 0 Å². The molecule has 1 amide bonds. The number of nitrogens with zero attached hydrogens (tertiary/aromatic N) is 1. The Balaban J connectivity index is 2.07. The zero-order valence-electron chi connectivity index (χ0n) is 11.6. The molecule has 0 saturated carbocycles. The first kappa shape index (κ1) is 14.5. The van der Waals surface area contributed by atoms with Crippen molar-refractivity contribution in [3.8, 4) is 0 Å². The third-order valence-electron chi connectivity index (χ3n) is 3.51. The summed E-state index contributed by atoms with van der Waals surface area (Å²) in [4.78, 5) is 24.7. The van der Waals surface area contributed by atoms with E-state index >= 15 is 0 Å². The lowest BCUT2D eigenvalue weighted by molar-refractivity contribution is -0.145. The highest BCUT2D eigenvalue weighted by Gasteiger charge is 2.28. The van der Waals surface area contributed by atoms with E-state index in [-0.39, 0.29) is 18.5 Å². The van der Waals surface area contributed by atoms with Gasteiger partial charge in [-0.1, -0.05) is 31.2 Å². The first-order valence-electron chi connectivity index (χ1n) is 6.92. The van der Waals surface area contributed by atoms with E-state index in [1.807, 2.05) is 31.2 Å². The van der Waals surface area contributed by atoms with Crippen LogP contribution in [-0.4, -0.2) is 41.0 Å². The number of carbonyl (C=O) groups excluding carboxylic acids is 1. The number of carbonyl (C=O) groups is 2. The van der Waals surface area contributed by atoms with Crippen molar-refractivity contribution >= 4 is 11.9 Å². The number of hydrogen-bond donors (Lipinski definition) is 2. The van der Waals surface area contributed by atoms with Gasteiger partial charge in [0, 0.05) is 13.1 Å². The van der Waals surface area contributed by atoms with Crippen molar-refractivity contribution in [1.29, 1.82) is 0 Å². The summed E-state index contributed by atoms with van der Waals surface area (Å²) in [5, 5.41) is 12.1. The standard InChI is InChI=1S/C15H20N2O3/c1-2-7-17(10-14(18)19)15(20)13-8-11-5-3-4-6-12(11)9-16-13/h3-6,13,16H,2,7-10H2,1H3,(H,18,19)/t13-/m0/s1. The fourth-order valence-corrected chi connectivity index (χ4v) is 2.55. The molecule has 1 heterocycles. The lowest BCUT2D eigenvalue weighted by atomic mass is 9.95. The van der Waals surface area contributed by atoms with Gasteiger partial charge in [-0.3, -0.25) is 9.59 Å². The molecule has 0 spiro atoms. The van der Waals surface area contributed by atoms with Gasteiger partial charge in [0.15, 0.2) is 0 Å². The second-order valence-electron chi connectivity index (χ2n) is 5.06. The van der Waals surface area contributed by atoms with Crippen LogP contribution in [0, 0.1) is 0 Å². The van der Waals surface area contributed by atoms with Crippen molar-refractivity contribution in [2.45, 2.75) is 32.4 Å². The normalized spacial score (nSPS) is 17.4. The Hall–Kier alpha value is -1.88. The molecule has 1 aromatic rings. The van der Waals surface area contributed by atoms with Gasteiger partial charge in [-0.15, -0.1) is 0 Å². The van der Waals surface area contributed by atoms with Gasteiger partial charge in [0.1, 0.15) is 6.54 Å². The number of hydrogen-bond acceptors (Lipinski definition) is 3. The molecule has 2 N–H and O–H groups in total. The summed E-state index contributed by atoms with van der Waals surface area (Å²) < 4.78 is 0. The topological polar surface area (TPSA) is 69.6 Å². The van der Waals surface area contributed by atoms with Crippen LogP contribution >= 0.6 is 0 Å². The van der Waals surface area contributed by atoms with E-state index in [1.54, 1.807) is 0 Å². The van der Waals surface area contributed by atoms with Crippen LogP contribution in [0.4, 0.5) is 0 Å². The lowest BCUT2D eigenvalue weighted by Crippen LogP contribution is -2.50. The van der Waals surface area contributed by atoms with Gasteiger partial charge in [0.25, 0.3) is 0 Å². The van der Waals surface area contributed by atoms with E-state index in [9.17, 15) is 9.59 Å². The predicted octanol–water partition coefficient (Wildman–Crippen LogP) is 1.02. The Labute approximate surface area is 118 Å². The van der Waals surface area contributed by atoms with Crippen LogP contribution in [0.1, 0.15) is 24.5 Å². The highest BCUT2D eigenvalue weighted by atomic mass is 16.4. The van der Waals surface area contributed by atoms with E-state index < -0.39 is 5.97 Å². The van der Waals surface area contributed by atoms with Crippen molar-refractivity contribution in [2.24, 2.45) is 0 Å². The number of benzene rings is 1. The van der Waals surface area contributed by atoms with Crippen molar-refractivity contribution < 1.29 is 14.7 Å². The fourth-order valence-electron chi connectivity index (χ4n) is 2.55. The number of nitrogens with one attached hydrogen (secondary N) is 1. The smallest absolute Gasteiger partial charge is 0.323 e. The molecule has 0 fully saturated rings. The molecule has 20 heavy (non-hydrogen) atoms. The van der Waals surface area contributed by atoms with E-state index in [4.69, 9.17) is 5.11 Å². The first-order valence-corrected chi connectivity index (χ1v) is 6.92. The van der Waals surface area contributed by atoms with E-state index in [0.29, 0.717) is 19.5 Å². The van der Waals surface area contributed by atoms with Crippen LogP contribution < -0.4 is 5.32 Å². The first-order chi connectivity index (χ1) is 9.61. The van der Waals surface area contributed by atoms with E-state index in [1.165, 1.54) is 10.5 Å². The average Bonchev–Trinajstić information content (AvgIpc) is 2.45. The van der Waals surface area contributed by atoms with Gasteiger partial charge in [-0.25, -0.2) is 0 Å². The molecule has 1 aliphatic heterocycles. The number of carboxylic acid groups (broad SMARTS) is 1. The zero-order valence-corrected chi connectivity index (χ0v) is 11.6. The molecular weight excluding hydrogens is 256 g/mol. The molecule has 108 valence electrons.